The first kappa shape index (κ1) is 9.49. The van der Waals surface area contributed by atoms with Crippen LogP contribution in [-0.2, 0) is 12.8 Å². The van der Waals surface area contributed by atoms with E-state index in [-0.39, 0.29) is 11.1 Å². The van der Waals surface area contributed by atoms with Gasteiger partial charge in [0.25, 0.3) is 12.3 Å². The summed E-state index contributed by atoms with van der Waals surface area (Å²) in [5.41, 5.74) is 0.236. The van der Waals surface area contributed by atoms with E-state index < -0.39 is 25.2 Å². The highest BCUT2D eigenvalue weighted by atomic mass is 19.3. The normalized spacial score (nSPS) is 18.6. The number of hydrogen-bond donors (Lipinski definition) is 0. The lowest BCUT2D eigenvalue weighted by molar-refractivity contribution is 0.0126. The van der Waals surface area contributed by atoms with Crippen LogP contribution in [0.25, 0.3) is 0 Å². The van der Waals surface area contributed by atoms with Gasteiger partial charge in [0.05, 0.1) is 0 Å². The summed E-state index contributed by atoms with van der Waals surface area (Å²) in [5, 5.41) is 0. The molecule has 0 amide bonds. The number of hydrogen-bond acceptors (Lipinski definition) is 0. The molecule has 0 saturated heterocycles. The van der Waals surface area contributed by atoms with Crippen molar-refractivity contribution in [2.75, 3.05) is 0 Å². The lowest BCUT2D eigenvalue weighted by Gasteiger charge is -2.07. The van der Waals surface area contributed by atoms with Gasteiger partial charge in [-0.3, -0.25) is 0 Å². The smallest absolute Gasteiger partial charge is 0.206 e. The second kappa shape index (κ2) is 2.97. The van der Waals surface area contributed by atoms with Crippen LogP contribution in [0, 0.1) is 0 Å². The highest BCUT2D eigenvalue weighted by Crippen LogP contribution is 2.38. The molecule has 0 spiro atoms. The lowest BCUT2D eigenvalue weighted by atomic mass is 10.0. The van der Waals surface area contributed by atoms with E-state index >= 15 is 0 Å². The number of benzene rings is 1. The van der Waals surface area contributed by atoms with Crippen LogP contribution in [0.3, 0.4) is 0 Å². The third-order valence-corrected chi connectivity index (χ3v) is 2.43. The Morgan fingerprint density at radius 2 is 1.86 bits per heavy atom. The van der Waals surface area contributed by atoms with Gasteiger partial charge >= 0.3 is 0 Å². The molecule has 0 nitrogen and oxygen atoms in total. The van der Waals surface area contributed by atoms with Crippen LogP contribution in [0.5, 0.6) is 0 Å². The molecule has 0 saturated carbocycles. The Labute approximate surface area is 78.5 Å². The Morgan fingerprint density at radius 3 is 2.50 bits per heavy atom. The molecule has 0 aromatic heterocycles. The Balaban J connectivity index is 2.46. The standard InChI is InChI=1S/C10H8F4/c11-9(12)7-3-1-2-6-4-10(13,14)5-8(6)7/h1-3,9H,4-5H2. The van der Waals surface area contributed by atoms with Gasteiger partial charge in [-0.15, -0.1) is 0 Å². The van der Waals surface area contributed by atoms with Crippen LogP contribution in [0.4, 0.5) is 17.6 Å². The van der Waals surface area contributed by atoms with Crippen LogP contribution < -0.4 is 0 Å². The van der Waals surface area contributed by atoms with Crippen molar-refractivity contribution in [3.63, 3.8) is 0 Å². The van der Waals surface area contributed by atoms with Crippen LogP contribution in [0.2, 0.25) is 0 Å². The maximum absolute atomic E-state index is 12.9. The molecule has 0 fully saturated rings. The maximum Gasteiger partial charge on any atom is 0.264 e. The van der Waals surface area contributed by atoms with Crippen molar-refractivity contribution in [2.45, 2.75) is 25.2 Å². The van der Waals surface area contributed by atoms with Crippen molar-refractivity contribution >= 4 is 0 Å². The van der Waals surface area contributed by atoms with E-state index in [1.165, 1.54) is 18.2 Å². The minimum absolute atomic E-state index is 0.132. The van der Waals surface area contributed by atoms with E-state index in [9.17, 15) is 17.6 Å². The molecule has 0 unspecified atom stereocenters. The Morgan fingerprint density at radius 1 is 1.14 bits per heavy atom. The SMILES string of the molecule is FC(F)c1cccc2c1CC(F)(F)C2. The number of halogens is 4. The molecule has 1 aromatic rings. The van der Waals surface area contributed by atoms with Gasteiger partial charge in [0.1, 0.15) is 0 Å². The van der Waals surface area contributed by atoms with Crippen molar-refractivity contribution in [1.82, 2.24) is 0 Å². The predicted molar refractivity (Wildman–Crippen MR) is 43.8 cm³/mol. The zero-order valence-corrected chi connectivity index (χ0v) is 7.24. The van der Waals surface area contributed by atoms with Crippen molar-refractivity contribution in [3.05, 3.63) is 34.9 Å². The van der Waals surface area contributed by atoms with Crippen LogP contribution in [0.15, 0.2) is 18.2 Å². The molecule has 0 aliphatic heterocycles. The van der Waals surface area contributed by atoms with E-state index in [1.807, 2.05) is 0 Å². The summed E-state index contributed by atoms with van der Waals surface area (Å²) < 4.78 is 50.7. The second-order valence-corrected chi connectivity index (χ2v) is 3.50. The Hall–Kier alpha value is -1.06. The summed E-state index contributed by atoms with van der Waals surface area (Å²) in [6, 6.07) is 4.11. The van der Waals surface area contributed by atoms with E-state index in [0.717, 1.165) is 0 Å². The van der Waals surface area contributed by atoms with Crippen LogP contribution in [-0.4, -0.2) is 5.92 Å². The molecule has 1 aliphatic carbocycles. The molecule has 0 heterocycles. The van der Waals surface area contributed by atoms with E-state index in [4.69, 9.17) is 0 Å². The lowest BCUT2D eigenvalue weighted by Crippen LogP contribution is -2.14. The topological polar surface area (TPSA) is 0 Å². The minimum Gasteiger partial charge on any atom is -0.206 e. The Bertz CT molecular complexity index is 357. The fourth-order valence-electron chi connectivity index (χ4n) is 1.84. The van der Waals surface area contributed by atoms with Crippen molar-refractivity contribution in [3.8, 4) is 0 Å². The average molecular weight is 204 g/mol. The van der Waals surface area contributed by atoms with Gasteiger partial charge in [0.2, 0.25) is 0 Å². The van der Waals surface area contributed by atoms with Gasteiger partial charge in [0, 0.05) is 18.4 Å². The van der Waals surface area contributed by atoms with Crippen molar-refractivity contribution in [2.24, 2.45) is 0 Å². The molecule has 0 N–H and O–H groups in total. The first-order valence-electron chi connectivity index (χ1n) is 4.26. The van der Waals surface area contributed by atoms with Gasteiger partial charge < -0.3 is 0 Å². The maximum atomic E-state index is 12.9. The molecule has 0 atom stereocenters. The third kappa shape index (κ3) is 1.49. The average Bonchev–Trinajstić information content (AvgIpc) is 2.36. The second-order valence-electron chi connectivity index (χ2n) is 3.50. The summed E-state index contributed by atoms with van der Waals surface area (Å²) in [6.45, 7) is 0. The number of fused-ring (bicyclic) bond motifs is 1. The summed E-state index contributed by atoms with van der Waals surface area (Å²) >= 11 is 0. The van der Waals surface area contributed by atoms with E-state index in [0.29, 0.717) is 5.56 Å². The van der Waals surface area contributed by atoms with Crippen LogP contribution >= 0.6 is 0 Å². The molecule has 2 rings (SSSR count). The highest BCUT2D eigenvalue weighted by Gasteiger charge is 2.39. The quantitative estimate of drug-likeness (QED) is 0.615. The summed E-state index contributed by atoms with van der Waals surface area (Å²) in [4.78, 5) is 0. The molecule has 0 bridgehead atoms. The summed E-state index contributed by atoms with van der Waals surface area (Å²) in [5.74, 6) is -2.85. The van der Waals surface area contributed by atoms with Gasteiger partial charge in [-0.05, 0) is 11.1 Å². The number of rotatable bonds is 1. The number of alkyl halides is 4. The van der Waals surface area contributed by atoms with Crippen molar-refractivity contribution < 1.29 is 17.6 Å². The van der Waals surface area contributed by atoms with Crippen molar-refractivity contribution in [1.29, 1.82) is 0 Å². The summed E-state index contributed by atoms with van der Waals surface area (Å²) in [6.07, 6.45) is -3.63. The third-order valence-electron chi connectivity index (χ3n) is 2.43. The molecular weight excluding hydrogens is 196 g/mol. The minimum atomic E-state index is -2.85. The van der Waals surface area contributed by atoms with Crippen LogP contribution in [0.1, 0.15) is 23.1 Å². The first-order chi connectivity index (χ1) is 6.49. The van der Waals surface area contributed by atoms with Gasteiger partial charge in [-0.1, -0.05) is 18.2 Å². The molecule has 1 aliphatic rings. The molecule has 76 valence electrons. The van der Waals surface area contributed by atoms with E-state index in [1.54, 1.807) is 0 Å². The first-order valence-corrected chi connectivity index (χ1v) is 4.26. The Kier molecular flexibility index (Phi) is 2.01. The zero-order valence-electron chi connectivity index (χ0n) is 7.24. The van der Waals surface area contributed by atoms with Gasteiger partial charge in [-0.25, -0.2) is 17.6 Å². The van der Waals surface area contributed by atoms with Gasteiger partial charge in [0.15, 0.2) is 0 Å². The molecule has 4 heteroatoms. The zero-order chi connectivity index (χ0) is 10.3. The van der Waals surface area contributed by atoms with E-state index in [2.05, 4.69) is 0 Å². The summed E-state index contributed by atoms with van der Waals surface area (Å²) in [7, 11) is 0. The molecule has 1 aromatic carbocycles. The largest absolute Gasteiger partial charge is 0.264 e. The molecule has 0 radical (unpaired) electrons. The fourth-order valence-corrected chi connectivity index (χ4v) is 1.84. The van der Waals surface area contributed by atoms with Gasteiger partial charge in [-0.2, -0.15) is 0 Å². The predicted octanol–water partition coefficient (Wildman–Crippen LogP) is 3.36. The monoisotopic (exact) mass is 204 g/mol. The molecular formula is C10H8F4. The highest BCUT2D eigenvalue weighted by molar-refractivity contribution is 5.41. The fraction of sp³-hybridized carbons (Fsp3) is 0.400. The molecule has 14 heavy (non-hydrogen) atoms.